The number of halogens is 2. The molecule has 2 rings (SSSR count). The van der Waals surface area contributed by atoms with Crippen LogP contribution in [0.4, 0.5) is 4.39 Å². The summed E-state index contributed by atoms with van der Waals surface area (Å²) in [5.41, 5.74) is 1.07. The molecule has 1 heterocycles. The lowest BCUT2D eigenvalue weighted by Gasteiger charge is -2.14. The molecule has 112 valence electrons. The highest BCUT2D eigenvalue weighted by Gasteiger charge is 2.19. The predicted octanol–water partition coefficient (Wildman–Crippen LogP) is 3.96. The van der Waals surface area contributed by atoms with Crippen molar-refractivity contribution in [2.45, 2.75) is 24.9 Å². The first kappa shape index (κ1) is 15.9. The minimum absolute atomic E-state index is 0.0186. The van der Waals surface area contributed by atoms with Crippen LogP contribution in [0, 0.1) is 5.82 Å². The molecule has 1 aromatic carbocycles. The van der Waals surface area contributed by atoms with E-state index < -0.39 is 11.8 Å². The van der Waals surface area contributed by atoms with Gasteiger partial charge < -0.3 is 5.11 Å². The maximum Gasteiger partial charge on any atom is 0.313 e. The first-order valence-corrected chi connectivity index (χ1v) is 7.64. The molecule has 0 saturated carbocycles. The molecule has 0 unspecified atom stereocenters. The van der Waals surface area contributed by atoms with Crippen molar-refractivity contribution in [1.29, 1.82) is 0 Å². The van der Waals surface area contributed by atoms with E-state index in [1.165, 1.54) is 6.07 Å². The van der Waals surface area contributed by atoms with Crippen LogP contribution in [-0.2, 0) is 4.79 Å². The van der Waals surface area contributed by atoms with Crippen LogP contribution in [0.5, 0.6) is 0 Å². The zero-order valence-corrected chi connectivity index (χ0v) is 13.1. The molecule has 0 aliphatic heterocycles. The van der Waals surface area contributed by atoms with Crippen LogP contribution in [0.2, 0.25) is 5.02 Å². The van der Waals surface area contributed by atoms with Crippen molar-refractivity contribution < 1.29 is 14.3 Å². The summed E-state index contributed by atoms with van der Waals surface area (Å²) in [6.07, 6.45) is 1.63. The van der Waals surface area contributed by atoms with Gasteiger partial charge in [0, 0.05) is 5.69 Å². The third kappa shape index (κ3) is 3.39. The average molecular weight is 329 g/mol. The highest BCUT2D eigenvalue weighted by molar-refractivity contribution is 7.99. The maximum absolute atomic E-state index is 14.3. The maximum atomic E-state index is 14.3. The molecule has 2 aromatic rings. The van der Waals surface area contributed by atoms with Crippen LogP contribution in [0.25, 0.3) is 5.69 Å². The van der Waals surface area contributed by atoms with E-state index in [2.05, 4.69) is 4.98 Å². The Labute approximate surface area is 130 Å². The molecule has 7 heteroatoms. The fraction of sp³-hybridized carbons (Fsp3) is 0.286. The number of hydrogen-bond donors (Lipinski definition) is 1. The topological polar surface area (TPSA) is 55.1 Å². The van der Waals surface area contributed by atoms with Crippen molar-refractivity contribution in [2.24, 2.45) is 0 Å². The Balaban J connectivity index is 2.55. The smallest absolute Gasteiger partial charge is 0.313 e. The first-order chi connectivity index (χ1) is 9.91. The Morgan fingerprint density at radius 1 is 1.52 bits per heavy atom. The van der Waals surface area contributed by atoms with Crippen molar-refractivity contribution >= 4 is 29.3 Å². The van der Waals surface area contributed by atoms with Crippen LogP contribution in [0.1, 0.15) is 25.5 Å². The summed E-state index contributed by atoms with van der Waals surface area (Å²) in [6.45, 7) is 3.92. The van der Waals surface area contributed by atoms with Crippen molar-refractivity contribution in [3.8, 4) is 5.69 Å². The molecular formula is C14H14ClFN2O2S. The summed E-state index contributed by atoms with van der Waals surface area (Å²) >= 11 is 6.88. The van der Waals surface area contributed by atoms with Crippen molar-refractivity contribution in [1.82, 2.24) is 9.55 Å². The monoisotopic (exact) mass is 328 g/mol. The molecule has 0 atom stereocenters. The lowest BCUT2D eigenvalue weighted by molar-refractivity contribution is -0.133. The van der Waals surface area contributed by atoms with Crippen LogP contribution in [-0.4, -0.2) is 26.4 Å². The first-order valence-electron chi connectivity index (χ1n) is 6.28. The minimum Gasteiger partial charge on any atom is -0.481 e. The van der Waals surface area contributed by atoms with Gasteiger partial charge in [0.2, 0.25) is 0 Å². The van der Waals surface area contributed by atoms with Crippen LogP contribution < -0.4 is 0 Å². The van der Waals surface area contributed by atoms with E-state index >= 15 is 0 Å². The average Bonchev–Trinajstić information content (AvgIpc) is 2.83. The number of aromatic nitrogens is 2. The molecule has 0 aliphatic rings. The quantitative estimate of drug-likeness (QED) is 0.844. The highest BCUT2D eigenvalue weighted by Crippen LogP contribution is 2.30. The SMILES string of the molecule is CC(C)c1cnc(SCC(=O)O)n1-c1cccc(Cl)c1F. The van der Waals surface area contributed by atoms with E-state index in [0.29, 0.717) is 5.16 Å². The largest absolute Gasteiger partial charge is 0.481 e. The number of imidazole rings is 1. The summed E-state index contributed by atoms with van der Waals surface area (Å²) in [7, 11) is 0. The third-order valence-corrected chi connectivity index (χ3v) is 4.07. The van der Waals surface area contributed by atoms with Crippen LogP contribution in [0.3, 0.4) is 0 Å². The molecule has 4 nitrogen and oxygen atoms in total. The van der Waals surface area contributed by atoms with E-state index in [1.54, 1.807) is 22.9 Å². The van der Waals surface area contributed by atoms with Gasteiger partial charge >= 0.3 is 5.97 Å². The molecule has 1 aromatic heterocycles. The lowest BCUT2D eigenvalue weighted by atomic mass is 10.1. The minimum atomic E-state index is -0.952. The Morgan fingerprint density at radius 3 is 2.86 bits per heavy atom. The fourth-order valence-corrected chi connectivity index (χ4v) is 2.77. The second kappa shape index (κ2) is 6.49. The van der Waals surface area contributed by atoms with Crippen LogP contribution in [0.15, 0.2) is 29.6 Å². The van der Waals surface area contributed by atoms with Gasteiger partial charge in [-0.2, -0.15) is 0 Å². The van der Waals surface area contributed by atoms with Crippen molar-refractivity contribution in [3.63, 3.8) is 0 Å². The number of carboxylic acid groups (broad SMARTS) is 1. The number of rotatable bonds is 5. The van der Waals surface area contributed by atoms with Gasteiger partial charge in [0.15, 0.2) is 11.0 Å². The summed E-state index contributed by atoms with van der Waals surface area (Å²) in [6, 6.07) is 4.71. The standard InChI is InChI=1S/C14H14ClFN2O2S/c1-8(2)11-6-17-14(21-7-12(19)20)18(11)10-5-3-4-9(15)13(10)16/h3-6,8H,7H2,1-2H3,(H,19,20). The number of nitrogens with zero attached hydrogens (tertiary/aromatic N) is 2. The predicted molar refractivity (Wildman–Crippen MR) is 81.0 cm³/mol. The second-order valence-corrected chi connectivity index (χ2v) is 6.06. The number of hydrogen-bond acceptors (Lipinski definition) is 3. The molecule has 0 fully saturated rings. The third-order valence-electron chi connectivity index (χ3n) is 2.85. The summed E-state index contributed by atoms with van der Waals surface area (Å²) in [5, 5.41) is 9.25. The Hall–Kier alpha value is -1.53. The lowest BCUT2D eigenvalue weighted by Crippen LogP contribution is -2.07. The second-order valence-electron chi connectivity index (χ2n) is 4.71. The zero-order valence-electron chi connectivity index (χ0n) is 11.5. The normalized spacial score (nSPS) is 11.1. The van der Waals surface area contributed by atoms with Crippen LogP contribution >= 0.6 is 23.4 Å². The summed E-state index contributed by atoms with van der Waals surface area (Å²) in [5.74, 6) is -1.53. The van der Waals surface area contributed by atoms with E-state index in [1.807, 2.05) is 13.8 Å². The molecule has 1 N–H and O–H groups in total. The van der Waals surface area contributed by atoms with Crippen molar-refractivity contribution in [3.05, 3.63) is 40.9 Å². The van der Waals surface area contributed by atoms with E-state index in [9.17, 15) is 9.18 Å². The van der Waals surface area contributed by atoms with Gasteiger partial charge in [0.05, 0.1) is 22.7 Å². The number of carbonyl (C=O) groups is 1. The number of carboxylic acids is 1. The molecule has 0 spiro atoms. The van der Waals surface area contributed by atoms with Gasteiger partial charge in [-0.05, 0) is 18.1 Å². The van der Waals surface area contributed by atoms with E-state index in [0.717, 1.165) is 17.5 Å². The van der Waals surface area contributed by atoms with Gasteiger partial charge in [-0.15, -0.1) is 0 Å². The Bertz CT molecular complexity index is 673. The number of thioether (sulfide) groups is 1. The molecule has 0 bridgehead atoms. The van der Waals surface area contributed by atoms with Gasteiger partial charge in [0.25, 0.3) is 0 Å². The van der Waals surface area contributed by atoms with Gasteiger partial charge in [-0.1, -0.05) is 43.3 Å². The van der Waals surface area contributed by atoms with Gasteiger partial charge in [0.1, 0.15) is 0 Å². The van der Waals surface area contributed by atoms with Gasteiger partial charge in [-0.3, -0.25) is 9.36 Å². The molecular weight excluding hydrogens is 315 g/mol. The molecule has 0 aliphatic carbocycles. The highest BCUT2D eigenvalue weighted by atomic mass is 35.5. The molecule has 0 radical (unpaired) electrons. The molecule has 0 amide bonds. The number of aliphatic carboxylic acids is 1. The van der Waals surface area contributed by atoms with Crippen molar-refractivity contribution in [2.75, 3.05) is 5.75 Å². The van der Waals surface area contributed by atoms with Gasteiger partial charge in [-0.25, -0.2) is 9.37 Å². The zero-order chi connectivity index (χ0) is 15.6. The van der Waals surface area contributed by atoms with E-state index in [4.69, 9.17) is 16.7 Å². The molecule has 0 saturated heterocycles. The van der Waals surface area contributed by atoms with E-state index in [-0.39, 0.29) is 22.4 Å². The summed E-state index contributed by atoms with van der Waals surface area (Å²) < 4.78 is 15.9. The Kier molecular flexibility index (Phi) is 4.90. The number of benzene rings is 1. The molecule has 21 heavy (non-hydrogen) atoms. The Morgan fingerprint density at radius 2 is 2.24 bits per heavy atom. The fourth-order valence-electron chi connectivity index (χ4n) is 1.89. The summed E-state index contributed by atoms with van der Waals surface area (Å²) in [4.78, 5) is 14.9.